The van der Waals surface area contributed by atoms with Crippen molar-refractivity contribution in [3.8, 4) is 34.5 Å². The van der Waals surface area contributed by atoms with Crippen molar-refractivity contribution in [3.63, 3.8) is 0 Å². The molecule has 0 aliphatic rings. The zero-order chi connectivity index (χ0) is 34.6. The Hall–Kier alpha value is -5.91. The van der Waals surface area contributed by atoms with E-state index in [1.54, 1.807) is 48.5 Å². The fraction of sp³-hybridized carbons (Fsp3) is 0.250. The molecule has 0 spiro atoms. The van der Waals surface area contributed by atoms with Crippen LogP contribution in [0.2, 0.25) is 0 Å². The summed E-state index contributed by atoms with van der Waals surface area (Å²) in [4.78, 5) is 40.8. The summed E-state index contributed by atoms with van der Waals surface area (Å²) in [5.74, 6) is 0.216. The highest BCUT2D eigenvalue weighted by Crippen LogP contribution is 2.29. The molecule has 12 nitrogen and oxygen atoms in total. The second kappa shape index (κ2) is 16.6. The number of carbonyl (C=O) groups is 3. The SMILES string of the molecule is COc1cc(OC)cc(C(=O)N[C@@H](COC(=O)c2cc(OC)cc(OC)c2)[C@H](OC(=O)c2cc(OC)cc(OC)c2)c2ccccc2)c1. The lowest BCUT2D eigenvalue weighted by molar-refractivity contribution is 0.00478. The second-order valence-corrected chi connectivity index (χ2v) is 10.2. The highest BCUT2D eigenvalue weighted by Gasteiger charge is 2.32. The van der Waals surface area contributed by atoms with E-state index in [2.05, 4.69) is 5.32 Å². The van der Waals surface area contributed by atoms with Gasteiger partial charge in [-0.05, 0) is 42.0 Å². The zero-order valence-electron chi connectivity index (χ0n) is 27.4. The Balaban J connectivity index is 1.73. The quantitative estimate of drug-likeness (QED) is 0.167. The number of esters is 2. The van der Waals surface area contributed by atoms with Crippen LogP contribution in [0.3, 0.4) is 0 Å². The number of nitrogens with one attached hydrogen (secondary N) is 1. The van der Waals surface area contributed by atoms with Crippen molar-refractivity contribution >= 4 is 17.8 Å². The van der Waals surface area contributed by atoms with Gasteiger partial charge in [-0.1, -0.05) is 30.3 Å². The van der Waals surface area contributed by atoms with Crippen molar-refractivity contribution in [2.75, 3.05) is 49.3 Å². The Morgan fingerprint density at radius 1 is 0.542 bits per heavy atom. The van der Waals surface area contributed by atoms with E-state index < -0.39 is 36.6 Å². The van der Waals surface area contributed by atoms with E-state index in [4.69, 9.17) is 37.9 Å². The predicted octanol–water partition coefficient (Wildman–Crippen LogP) is 5.29. The molecule has 0 saturated carbocycles. The van der Waals surface area contributed by atoms with Crippen LogP contribution in [0.15, 0.2) is 84.9 Å². The third kappa shape index (κ3) is 8.87. The minimum atomic E-state index is -1.14. The fourth-order valence-corrected chi connectivity index (χ4v) is 4.70. The molecule has 0 fully saturated rings. The number of hydrogen-bond acceptors (Lipinski definition) is 11. The van der Waals surface area contributed by atoms with Crippen molar-refractivity contribution in [1.29, 1.82) is 0 Å². The number of amides is 1. The van der Waals surface area contributed by atoms with E-state index in [0.717, 1.165) is 0 Å². The average Bonchev–Trinajstić information content (AvgIpc) is 3.14. The first-order valence-corrected chi connectivity index (χ1v) is 14.6. The predicted molar refractivity (Wildman–Crippen MR) is 175 cm³/mol. The molecule has 0 heterocycles. The number of benzene rings is 4. The average molecular weight is 660 g/mol. The van der Waals surface area contributed by atoms with Crippen LogP contribution in [-0.2, 0) is 9.47 Å². The van der Waals surface area contributed by atoms with Crippen molar-refractivity contribution in [1.82, 2.24) is 5.32 Å². The minimum absolute atomic E-state index is 0.134. The molecule has 2 atom stereocenters. The van der Waals surface area contributed by atoms with Gasteiger partial charge in [-0.15, -0.1) is 0 Å². The summed E-state index contributed by atoms with van der Waals surface area (Å²) in [5.41, 5.74) is 0.991. The molecule has 0 aromatic heterocycles. The summed E-state index contributed by atoms with van der Waals surface area (Å²) >= 11 is 0. The maximum absolute atomic E-state index is 13.8. The first-order chi connectivity index (χ1) is 23.2. The van der Waals surface area contributed by atoms with Gasteiger partial charge in [0.1, 0.15) is 47.1 Å². The molecule has 0 aliphatic carbocycles. The summed E-state index contributed by atoms with van der Waals surface area (Å²) in [7, 11) is 8.76. The van der Waals surface area contributed by atoms with Gasteiger partial charge in [0.15, 0.2) is 6.10 Å². The van der Waals surface area contributed by atoms with Gasteiger partial charge in [0.2, 0.25) is 0 Å². The van der Waals surface area contributed by atoms with Gasteiger partial charge in [0.05, 0.1) is 53.8 Å². The molecule has 0 bridgehead atoms. The van der Waals surface area contributed by atoms with Crippen molar-refractivity contribution in [2.45, 2.75) is 12.1 Å². The topological polar surface area (TPSA) is 137 Å². The molecule has 4 aromatic rings. The lowest BCUT2D eigenvalue weighted by atomic mass is 10.0. The highest BCUT2D eigenvalue weighted by atomic mass is 16.6. The number of ether oxygens (including phenoxy) is 8. The van der Waals surface area contributed by atoms with Gasteiger partial charge < -0.3 is 43.2 Å². The highest BCUT2D eigenvalue weighted by molar-refractivity contribution is 5.96. The normalized spacial score (nSPS) is 11.7. The largest absolute Gasteiger partial charge is 0.497 e. The van der Waals surface area contributed by atoms with Crippen LogP contribution >= 0.6 is 0 Å². The van der Waals surface area contributed by atoms with Gasteiger partial charge in [-0.3, -0.25) is 4.79 Å². The number of methoxy groups -OCH3 is 6. The van der Waals surface area contributed by atoms with Gasteiger partial charge >= 0.3 is 11.9 Å². The maximum Gasteiger partial charge on any atom is 0.339 e. The van der Waals surface area contributed by atoms with Crippen LogP contribution in [-0.4, -0.2) is 73.2 Å². The lowest BCUT2D eigenvalue weighted by Gasteiger charge is -2.28. The molecule has 252 valence electrons. The molecule has 0 saturated heterocycles. The van der Waals surface area contributed by atoms with E-state index in [-0.39, 0.29) is 16.7 Å². The Morgan fingerprint density at radius 3 is 1.35 bits per heavy atom. The number of rotatable bonds is 15. The van der Waals surface area contributed by atoms with Gasteiger partial charge in [0.25, 0.3) is 5.91 Å². The molecule has 0 radical (unpaired) electrons. The van der Waals surface area contributed by atoms with E-state index in [1.165, 1.54) is 79.1 Å². The minimum Gasteiger partial charge on any atom is -0.497 e. The summed E-state index contributed by atoms with van der Waals surface area (Å²) < 4.78 is 43.7. The second-order valence-electron chi connectivity index (χ2n) is 10.2. The molecule has 12 heteroatoms. The summed E-state index contributed by atoms with van der Waals surface area (Å²) in [6.07, 6.45) is -1.14. The molecule has 0 unspecified atom stereocenters. The standard InChI is InChI=1S/C36H37NO11/c1-41-26-12-23(13-27(18-26)42-2)34(38)37-32(21-47-35(39)24-14-28(43-3)19-29(15-24)44-4)33(22-10-8-7-9-11-22)48-36(40)25-16-30(45-5)20-31(17-25)46-6/h7-20,32-33H,21H2,1-6H3,(H,37,38)/t32-,33+/m0/s1. The van der Waals surface area contributed by atoms with Crippen LogP contribution in [0.1, 0.15) is 42.7 Å². The number of carbonyl (C=O) groups excluding carboxylic acids is 3. The van der Waals surface area contributed by atoms with Gasteiger partial charge in [0, 0.05) is 23.8 Å². The molecule has 48 heavy (non-hydrogen) atoms. The molecule has 4 rings (SSSR count). The zero-order valence-corrected chi connectivity index (χ0v) is 27.4. The third-order valence-corrected chi connectivity index (χ3v) is 7.23. The Morgan fingerprint density at radius 2 is 0.938 bits per heavy atom. The summed E-state index contributed by atoms with van der Waals surface area (Å²) in [6, 6.07) is 21.5. The van der Waals surface area contributed by atoms with Gasteiger partial charge in [-0.25, -0.2) is 9.59 Å². The van der Waals surface area contributed by atoms with E-state index in [1.807, 2.05) is 0 Å². The van der Waals surface area contributed by atoms with Crippen LogP contribution < -0.4 is 33.7 Å². The third-order valence-electron chi connectivity index (χ3n) is 7.23. The maximum atomic E-state index is 13.8. The Bertz CT molecular complexity index is 1660. The first kappa shape index (κ1) is 35.0. The summed E-state index contributed by atoms with van der Waals surface area (Å²) in [5, 5.41) is 2.89. The molecular formula is C36H37NO11. The van der Waals surface area contributed by atoms with Crippen molar-refractivity contribution in [3.05, 3.63) is 107 Å². The lowest BCUT2D eigenvalue weighted by Crippen LogP contribution is -2.44. The molecule has 4 aromatic carbocycles. The Labute approximate surface area is 278 Å². The first-order valence-electron chi connectivity index (χ1n) is 14.6. The van der Waals surface area contributed by atoms with Gasteiger partial charge in [-0.2, -0.15) is 0 Å². The van der Waals surface area contributed by atoms with Crippen molar-refractivity contribution < 1.29 is 52.3 Å². The molecule has 0 aliphatic heterocycles. The van der Waals surface area contributed by atoms with Crippen LogP contribution in [0.4, 0.5) is 0 Å². The number of hydrogen-bond donors (Lipinski definition) is 1. The smallest absolute Gasteiger partial charge is 0.339 e. The molecule has 1 N–H and O–H groups in total. The molecular weight excluding hydrogens is 622 g/mol. The fourth-order valence-electron chi connectivity index (χ4n) is 4.70. The monoisotopic (exact) mass is 659 g/mol. The van der Waals surface area contributed by atoms with Crippen molar-refractivity contribution in [2.24, 2.45) is 0 Å². The Kier molecular flexibility index (Phi) is 12.1. The van der Waals surface area contributed by atoms with E-state index >= 15 is 0 Å². The molecule has 1 amide bonds. The van der Waals surface area contributed by atoms with Crippen LogP contribution in [0.5, 0.6) is 34.5 Å². The van der Waals surface area contributed by atoms with E-state index in [0.29, 0.717) is 40.1 Å². The summed E-state index contributed by atoms with van der Waals surface area (Å²) in [6.45, 7) is -0.403. The van der Waals surface area contributed by atoms with Crippen LogP contribution in [0, 0.1) is 0 Å². The van der Waals surface area contributed by atoms with Crippen LogP contribution in [0.25, 0.3) is 0 Å². The van der Waals surface area contributed by atoms with E-state index in [9.17, 15) is 14.4 Å².